The van der Waals surface area contributed by atoms with Gasteiger partial charge in [-0.3, -0.25) is 9.59 Å². The Hall–Kier alpha value is -2.54. The number of piperidine rings is 1. The van der Waals surface area contributed by atoms with Crippen LogP contribution in [0.3, 0.4) is 0 Å². The monoisotopic (exact) mass is 402 g/mol. The Labute approximate surface area is 168 Å². The molecule has 148 valence electrons. The van der Waals surface area contributed by atoms with Crippen LogP contribution in [-0.2, 0) is 22.4 Å². The van der Waals surface area contributed by atoms with Gasteiger partial charge in [-0.15, -0.1) is 0 Å². The van der Waals surface area contributed by atoms with Crippen molar-refractivity contribution in [1.82, 2.24) is 20.2 Å². The van der Waals surface area contributed by atoms with Crippen molar-refractivity contribution >= 4 is 23.4 Å². The van der Waals surface area contributed by atoms with Crippen LogP contribution in [0.25, 0.3) is 0 Å². The summed E-state index contributed by atoms with van der Waals surface area (Å²) in [4.78, 5) is 34.5. The average Bonchev–Trinajstić information content (AvgIpc) is 3.07. The minimum atomic E-state index is -0.400. The summed E-state index contributed by atoms with van der Waals surface area (Å²) in [6.07, 6.45) is 5.93. The summed E-state index contributed by atoms with van der Waals surface area (Å²) in [6.45, 7) is 0.511. The number of hydrogen-bond donors (Lipinski definition) is 2. The van der Waals surface area contributed by atoms with Crippen LogP contribution in [0.5, 0.6) is 5.75 Å². The van der Waals surface area contributed by atoms with Crippen molar-refractivity contribution < 1.29 is 14.3 Å². The number of amides is 2. The molecule has 2 amide bonds. The lowest BCUT2D eigenvalue weighted by Gasteiger charge is -2.27. The molecule has 8 heteroatoms. The van der Waals surface area contributed by atoms with E-state index in [0.29, 0.717) is 29.7 Å². The topological polar surface area (TPSA) is 87.3 Å². The molecule has 2 N–H and O–H groups in total. The lowest BCUT2D eigenvalue weighted by molar-refractivity contribution is -0.139. The number of rotatable bonds is 7. The number of benzene rings is 1. The third-order valence-electron chi connectivity index (χ3n) is 5.53. The Morgan fingerprint density at radius 2 is 2.25 bits per heavy atom. The maximum atomic E-state index is 13.0. The first-order valence-electron chi connectivity index (χ1n) is 9.45. The summed E-state index contributed by atoms with van der Waals surface area (Å²) >= 11 is 6.08. The molecular weight excluding hydrogens is 380 g/mol. The molecule has 2 aliphatic rings. The van der Waals surface area contributed by atoms with Crippen molar-refractivity contribution in [2.24, 2.45) is 5.92 Å². The number of H-pyrrole nitrogens is 1. The fraction of sp³-hybridized carbons (Fsp3) is 0.450. The Morgan fingerprint density at radius 1 is 1.39 bits per heavy atom. The van der Waals surface area contributed by atoms with Crippen LogP contribution in [0.1, 0.15) is 24.1 Å². The van der Waals surface area contributed by atoms with Gasteiger partial charge in [0.2, 0.25) is 11.8 Å². The molecule has 28 heavy (non-hydrogen) atoms. The van der Waals surface area contributed by atoms with E-state index in [0.717, 1.165) is 24.1 Å². The van der Waals surface area contributed by atoms with Crippen LogP contribution in [0.4, 0.5) is 0 Å². The van der Waals surface area contributed by atoms with Crippen LogP contribution >= 0.6 is 11.6 Å². The first-order chi connectivity index (χ1) is 13.6. The fourth-order valence-electron chi connectivity index (χ4n) is 4.05. The number of hydrogen-bond acceptors (Lipinski definition) is 4. The normalized spacial score (nSPS) is 22.6. The van der Waals surface area contributed by atoms with Gasteiger partial charge in [0.25, 0.3) is 0 Å². The zero-order valence-electron chi connectivity index (χ0n) is 15.7. The SMILES string of the molecule is COc1ccc(Cl)cc1CC(=O)N1[C@@H](C(=O)NCCc2cnc[nH]2)C[C@@H]2C[C@@H]21. The van der Waals surface area contributed by atoms with Gasteiger partial charge in [-0.05, 0) is 37.0 Å². The van der Waals surface area contributed by atoms with Crippen molar-refractivity contribution in [2.45, 2.75) is 37.8 Å². The zero-order valence-corrected chi connectivity index (χ0v) is 16.4. The Morgan fingerprint density at radius 3 is 3.00 bits per heavy atom. The van der Waals surface area contributed by atoms with Crippen LogP contribution in [-0.4, -0.2) is 52.4 Å². The predicted molar refractivity (Wildman–Crippen MR) is 104 cm³/mol. The van der Waals surface area contributed by atoms with Crippen LogP contribution in [0.2, 0.25) is 5.02 Å². The summed E-state index contributed by atoms with van der Waals surface area (Å²) in [5.41, 5.74) is 1.71. The van der Waals surface area contributed by atoms with Gasteiger partial charge in [0, 0.05) is 41.5 Å². The summed E-state index contributed by atoms with van der Waals surface area (Å²) in [6, 6.07) is 5.02. The molecule has 7 nitrogen and oxygen atoms in total. The van der Waals surface area contributed by atoms with E-state index < -0.39 is 6.04 Å². The smallest absolute Gasteiger partial charge is 0.242 e. The standard InChI is InChI=1S/C20H23ClN4O3/c1-28-18-3-2-14(21)6-13(18)9-19(26)25-16-7-12(16)8-17(25)20(27)23-5-4-15-10-22-11-24-15/h2-3,6,10-12,16-17H,4-5,7-9H2,1H3,(H,22,24)(H,23,27)/t12-,16-,17+/m0/s1. The zero-order chi connectivity index (χ0) is 19.7. The number of aromatic amines is 1. The van der Waals surface area contributed by atoms with E-state index in [1.807, 2.05) is 0 Å². The number of methoxy groups -OCH3 is 1. The third-order valence-corrected chi connectivity index (χ3v) is 5.76. The number of aromatic nitrogens is 2. The number of halogens is 1. The minimum Gasteiger partial charge on any atom is -0.496 e. The number of nitrogens with one attached hydrogen (secondary N) is 2. The second-order valence-corrected chi connectivity index (χ2v) is 7.80. The molecule has 0 spiro atoms. The second kappa shape index (κ2) is 7.83. The van der Waals surface area contributed by atoms with E-state index in [9.17, 15) is 9.59 Å². The molecule has 0 unspecified atom stereocenters. The van der Waals surface area contributed by atoms with Gasteiger partial charge in [0.1, 0.15) is 11.8 Å². The Bertz CT molecular complexity index is 870. The van der Waals surface area contributed by atoms with Crippen molar-refractivity contribution in [3.63, 3.8) is 0 Å². The van der Waals surface area contributed by atoms with Gasteiger partial charge in [-0.25, -0.2) is 4.98 Å². The predicted octanol–water partition coefficient (Wildman–Crippen LogP) is 1.96. The summed E-state index contributed by atoms with van der Waals surface area (Å²) in [5, 5.41) is 3.52. The highest BCUT2D eigenvalue weighted by Crippen LogP contribution is 2.48. The van der Waals surface area contributed by atoms with E-state index >= 15 is 0 Å². The van der Waals surface area contributed by atoms with Crippen molar-refractivity contribution in [3.8, 4) is 5.75 Å². The molecule has 1 saturated carbocycles. The fourth-order valence-corrected chi connectivity index (χ4v) is 4.24. The second-order valence-electron chi connectivity index (χ2n) is 7.37. The largest absolute Gasteiger partial charge is 0.496 e. The van der Waals surface area contributed by atoms with Crippen molar-refractivity contribution in [1.29, 1.82) is 0 Å². The van der Waals surface area contributed by atoms with Crippen molar-refractivity contribution in [3.05, 3.63) is 47.0 Å². The van der Waals surface area contributed by atoms with Crippen LogP contribution in [0, 0.1) is 5.92 Å². The van der Waals surface area contributed by atoms with Gasteiger partial charge in [0.15, 0.2) is 0 Å². The van der Waals surface area contributed by atoms with Crippen molar-refractivity contribution in [2.75, 3.05) is 13.7 Å². The molecule has 0 bridgehead atoms. The Kier molecular flexibility index (Phi) is 5.26. The molecule has 4 rings (SSSR count). The first kappa shape index (κ1) is 18.8. The molecule has 0 radical (unpaired) electrons. The molecule has 3 atom stereocenters. The highest BCUT2D eigenvalue weighted by molar-refractivity contribution is 6.30. The molecule has 2 heterocycles. The summed E-state index contributed by atoms with van der Waals surface area (Å²) < 4.78 is 5.35. The number of likely N-dealkylation sites (tertiary alicyclic amines) is 1. The third kappa shape index (κ3) is 3.85. The maximum Gasteiger partial charge on any atom is 0.242 e. The van der Waals surface area contributed by atoms with Gasteiger partial charge >= 0.3 is 0 Å². The first-order valence-corrected chi connectivity index (χ1v) is 9.83. The van der Waals surface area contributed by atoms with Crippen LogP contribution < -0.4 is 10.1 Å². The summed E-state index contributed by atoms with van der Waals surface area (Å²) in [5.74, 6) is 0.927. The molecule has 1 saturated heterocycles. The molecule has 1 aromatic heterocycles. The van der Waals surface area contributed by atoms with E-state index in [4.69, 9.17) is 16.3 Å². The van der Waals surface area contributed by atoms with Crippen LogP contribution in [0.15, 0.2) is 30.7 Å². The number of nitrogens with zero attached hydrogens (tertiary/aromatic N) is 2. The van der Waals surface area contributed by atoms with E-state index in [-0.39, 0.29) is 24.3 Å². The Balaban J connectivity index is 1.40. The maximum absolute atomic E-state index is 13.0. The average molecular weight is 403 g/mol. The van der Waals surface area contributed by atoms with Gasteiger partial charge < -0.3 is 19.9 Å². The molecule has 1 aromatic carbocycles. The summed E-state index contributed by atoms with van der Waals surface area (Å²) in [7, 11) is 1.57. The van der Waals surface area contributed by atoms with E-state index in [1.165, 1.54) is 0 Å². The highest BCUT2D eigenvalue weighted by atomic mass is 35.5. The molecule has 2 aromatic rings. The van der Waals surface area contributed by atoms with Gasteiger partial charge in [-0.1, -0.05) is 11.6 Å². The lowest BCUT2D eigenvalue weighted by atomic mass is 10.1. The molecule has 1 aliphatic heterocycles. The number of carbonyl (C=O) groups excluding carboxylic acids is 2. The minimum absolute atomic E-state index is 0.0562. The number of carbonyl (C=O) groups is 2. The molecular formula is C20H23ClN4O3. The van der Waals surface area contributed by atoms with Gasteiger partial charge in [-0.2, -0.15) is 0 Å². The number of imidazole rings is 1. The molecule has 2 fully saturated rings. The lowest BCUT2D eigenvalue weighted by Crippen LogP contribution is -2.48. The van der Waals surface area contributed by atoms with Gasteiger partial charge in [0.05, 0.1) is 19.9 Å². The highest BCUT2D eigenvalue weighted by Gasteiger charge is 2.55. The quantitative estimate of drug-likeness (QED) is 0.741. The molecule has 1 aliphatic carbocycles. The van der Waals surface area contributed by atoms with E-state index in [1.54, 1.807) is 42.7 Å². The van der Waals surface area contributed by atoms with E-state index in [2.05, 4.69) is 15.3 Å². The number of fused-ring (bicyclic) bond motifs is 1. The number of ether oxygens (including phenoxy) is 1.